The van der Waals surface area contributed by atoms with Crippen LogP contribution in [-0.2, 0) is 17.1 Å². The monoisotopic (exact) mass is 250 g/mol. The minimum absolute atomic E-state index is 0.0632. The van der Waals surface area contributed by atoms with E-state index in [4.69, 9.17) is 22.4 Å². The van der Waals surface area contributed by atoms with Crippen LogP contribution in [0, 0.1) is 0 Å². The highest BCUT2D eigenvalue weighted by atomic mass is 35.5. The molecule has 16 heavy (non-hydrogen) atoms. The highest BCUT2D eigenvalue weighted by Crippen LogP contribution is 2.26. The molecule has 1 aromatic rings. The van der Waals surface area contributed by atoms with Gasteiger partial charge in [-0.05, 0) is 17.2 Å². The molecule has 0 saturated carbocycles. The number of carbonyl (C=O) groups is 1. The summed E-state index contributed by atoms with van der Waals surface area (Å²) in [6.45, 7) is 0. The van der Waals surface area contributed by atoms with Crippen LogP contribution in [0.3, 0.4) is 0 Å². The molecule has 0 spiro atoms. The lowest BCUT2D eigenvalue weighted by molar-refractivity contribution is -0.136. The van der Waals surface area contributed by atoms with Gasteiger partial charge in [0.25, 0.3) is 6.43 Å². The van der Waals surface area contributed by atoms with Gasteiger partial charge < -0.3 is 10.8 Å². The Balaban J connectivity index is 3.32. The topological polar surface area (TPSA) is 76.2 Å². The molecule has 1 rings (SSSR count). The molecule has 0 radical (unpaired) electrons. The maximum Gasteiger partial charge on any atom is 0.307 e. The molecule has 0 unspecified atom stereocenters. The lowest BCUT2D eigenvalue weighted by atomic mass is 10.0. The van der Waals surface area contributed by atoms with E-state index in [1.165, 1.54) is 6.07 Å². The number of nitrogens with two attached hydrogens (primary N) is 1. The van der Waals surface area contributed by atoms with Crippen molar-refractivity contribution in [3.05, 3.63) is 22.9 Å². The number of aromatic nitrogens is 1. The Hall–Kier alpha value is -1.43. The van der Waals surface area contributed by atoms with Crippen LogP contribution in [0.25, 0.3) is 0 Å². The number of alkyl halides is 3. The molecule has 0 amide bonds. The van der Waals surface area contributed by atoms with E-state index >= 15 is 0 Å². The van der Waals surface area contributed by atoms with Crippen molar-refractivity contribution in [3.63, 3.8) is 0 Å². The Kier molecular flexibility index (Phi) is 4.00. The van der Waals surface area contributed by atoms with Gasteiger partial charge in [0.1, 0.15) is 11.5 Å². The molecule has 0 aliphatic heterocycles. The SMILES string of the molecule is Nc1cc(CCl)c(CC(=O)O)c(C(F)F)n1. The Bertz CT molecular complexity index is 413. The first-order valence-corrected chi connectivity index (χ1v) is 4.83. The summed E-state index contributed by atoms with van der Waals surface area (Å²) in [7, 11) is 0. The van der Waals surface area contributed by atoms with Gasteiger partial charge in [0, 0.05) is 5.88 Å². The van der Waals surface area contributed by atoms with Gasteiger partial charge in [0.15, 0.2) is 0 Å². The fourth-order valence-corrected chi connectivity index (χ4v) is 1.56. The second kappa shape index (κ2) is 5.07. The first-order valence-electron chi connectivity index (χ1n) is 4.29. The molecule has 0 bridgehead atoms. The molecule has 4 nitrogen and oxygen atoms in total. The molecular formula is C9H9ClF2N2O2. The summed E-state index contributed by atoms with van der Waals surface area (Å²) < 4.78 is 25.2. The normalized spacial score (nSPS) is 10.8. The summed E-state index contributed by atoms with van der Waals surface area (Å²) in [5.74, 6) is -1.41. The number of nitrogen functional groups attached to an aromatic ring is 1. The predicted octanol–water partition coefficient (Wildman–Crippen LogP) is 1.97. The van der Waals surface area contributed by atoms with E-state index in [1.54, 1.807) is 0 Å². The summed E-state index contributed by atoms with van der Waals surface area (Å²) in [6, 6.07) is 1.30. The molecule has 1 heterocycles. The second-order valence-electron chi connectivity index (χ2n) is 3.07. The fraction of sp³-hybridized carbons (Fsp3) is 0.333. The van der Waals surface area contributed by atoms with Crippen LogP contribution in [0.2, 0.25) is 0 Å². The summed E-state index contributed by atoms with van der Waals surface area (Å²) in [5.41, 5.74) is 4.92. The summed E-state index contributed by atoms with van der Waals surface area (Å²) in [5, 5.41) is 8.62. The average Bonchev–Trinajstić information content (AvgIpc) is 2.19. The zero-order valence-corrected chi connectivity index (χ0v) is 8.84. The third kappa shape index (κ3) is 2.79. The standard InChI is InChI=1S/C9H9ClF2N2O2/c10-3-4-1-6(13)14-8(9(11)12)5(4)2-7(15)16/h1,9H,2-3H2,(H2,13,14)(H,15,16). The zero-order chi connectivity index (χ0) is 12.3. The minimum atomic E-state index is -2.88. The van der Waals surface area contributed by atoms with E-state index in [2.05, 4.69) is 4.98 Å². The summed E-state index contributed by atoms with van der Waals surface area (Å²) in [6.07, 6.45) is -3.42. The number of rotatable bonds is 4. The van der Waals surface area contributed by atoms with Gasteiger partial charge in [-0.15, -0.1) is 11.6 Å². The molecule has 0 aromatic carbocycles. The first-order chi connectivity index (χ1) is 7.45. The van der Waals surface area contributed by atoms with Crippen molar-refractivity contribution >= 4 is 23.4 Å². The number of hydrogen-bond donors (Lipinski definition) is 2. The van der Waals surface area contributed by atoms with Crippen molar-refractivity contribution < 1.29 is 18.7 Å². The van der Waals surface area contributed by atoms with Crippen molar-refractivity contribution in [1.29, 1.82) is 0 Å². The molecule has 1 aromatic heterocycles. The molecule has 0 aliphatic carbocycles. The Morgan fingerprint density at radius 3 is 2.69 bits per heavy atom. The lowest BCUT2D eigenvalue weighted by Crippen LogP contribution is -2.10. The van der Waals surface area contributed by atoms with Crippen LogP contribution in [0.5, 0.6) is 0 Å². The molecule has 0 fully saturated rings. The van der Waals surface area contributed by atoms with Crippen molar-refractivity contribution in [1.82, 2.24) is 4.98 Å². The van der Waals surface area contributed by atoms with Crippen molar-refractivity contribution in [2.24, 2.45) is 0 Å². The van der Waals surface area contributed by atoms with Crippen LogP contribution < -0.4 is 5.73 Å². The largest absolute Gasteiger partial charge is 0.481 e. The number of halogens is 3. The Morgan fingerprint density at radius 2 is 2.25 bits per heavy atom. The van der Waals surface area contributed by atoms with Crippen LogP contribution in [0.4, 0.5) is 14.6 Å². The average molecular weight is 251 g/mol. The molecular weight excluding hydrogens is 242 g/mol. The number of aliphatic carboxylic acids is 1. The second-order valence-corrected chi connectivity index (χ2v) is 3.34. The number of hydrogen-bond acceptors (Lipinski definition) is 3. The van der Waals surface area contributed by atoms with Gasteiger partial charge in [-0.1, -0.05) is 0 Å². The number of carboxylic acids is 1. The van der Waals surface area contributed by atoms with Gasteiger partial charge in [0.05, 0.1) is 6.42 Å². The van der Waals surface area contributed by atoms with Gasteiger partial charge in [-0.3, -0.25) is 4.79 Å². The van der Waals surface area contributed by atoms with Crippen molar-refractivity contribution in [2.45, 2.75) is 18.7 Å². The smallest absolute Gasteiger partial charge is 0.307 e. The molecule has 0 aliphatic rings. The third-order valence-corrected chi connectivity index (χ3v) is 2.24. The third-order valence-electron chi connectivity index (χ3n) is 1.95. The van der Waals surface area contributed by atoms with Gasteiger partial charge in [0.2, 0.25) is 0 Å². The molecule has 0 saturated heterocycles. The van der Waals surface area contributed by atoms with Gasteiger partial charge in [-0.2, -0.15) is 0 Å². The molecule has 88 valence electrons. The lowest BCUT2D eigenvalue weighted by Gasteiger charge is -2.11. The highest BCUT2D eigenvalue weighted by molar-refractivity contribution is 6.17. The number of pyridine rings is 1. The predicted molar refractivity (Wildman–Crippen MR) is 54.5 cm³/mol. The number of anilines is 1. The minimum Gasteiger partial charge on any atom is -0.481 e. The van der Waals surface area contributed by atoms with E-state index < -0.39 is 24.5 Å². The van der Waals surface area contributed by atoms with Gasteiger partial charge >= 0.3 is 5.97 Å². The van der Waals surface area contributed by atoms with Crippen molar-refractivity contribution in [3.8, 4) is 0 Å². The Labute approximate surface area is 95.0 Å². The quantitative estimate of drug-likeness (QED) is 0.801. The fourth-order valence-electron chi connectivity index (χ4n) is 1.32. The number of nitrogens with zero attached hydrogens (tertiary/aromatic N) is 1. The van der Waals surface area contributed by atoms with Crippen LogP contribution in [0.1, 0.15) is 23.2 Å². The first kappa shape index (κ1) is 12.6. The highest BCUT2D eigenvalue weighted by Gasteiger charge is 2.20. The molecule has 0 atom stereocenters. The van der Waals surface area contributed by atoms with E-state index in [0.717, 1.165) is 0 Å². The van der Waals surface area contributed by atoms with Crippen LogP contribution >= 0.6 is 11.6 Å². The van der Waals surface area contributed by atoms with E-state index in [1.807, 2.05) is 0 Å². The number of carboxylic acid groups (broad SMARTS) is 1. The summed E-state index contributed by atoms with van der Waals surface area (Å²) in [4.78, 5) is 14.0. The van der Waals surface area contributed by atoms with Crippen LogP contribution in [-0.4, -0.2) is 16.1 Å². The van der Waals surface area contributed by atoms with Crippen molar-refractivity contribution in [2.75, 3.05) is 5.73 Å². The molecule has 3 N–H and O–H groups in total. The zero-order valence-electron chi connectivity index (χ0n) is 8.08. The molecule has 7 heteroatoms. The summed E-state index contributed by atoms with van der Waals surface area (Å²) >= 11 is 5.54. The van der Waals surface area contributed by atoms with Crippen LogP contribution in [0.15, 0.2) is 6.07 Å². The van der Waals surface area contributed by atoms with E-state index in [9.17, 15) is 13.6 Å². The van der Waals surface area contributed by atoms with E-state index in [0.29, 0.717) is 0 Å². The van der Waals surface area contributed by atoms with E-state index in [-0.39, 0.29) is 22.8 Å². The van der Waals surface area contributed by atoms with Gasteiger partial charge in [-0.25, -0.2) is 13.8 Å². The maximum atomic E-state index is 12.6. The Morgan fingerprint density at radius 1 is 1.62 bits per heavy atom. The maximum absolute atomic E-state index is 12.6.